The highest BCUT2D eigenvalue weighted by Gasteiger charge is 2.17. The molecule has 0 aliphatic heterocycles. The Kier molecular flexibility index (Phi) is 3.10. The average molecular weight is 235 g/mol. The fraction of sp³-hybridized carbons (Fsp3) is 0.500. The Morgan fingerprint density at radius 3 is 2.69 bits per heavy atom. The fourth-order valence-electron chi connectivity index (χ4n) is 2.14. The van der Waals surface area contributed by atoms with Gasteiger partial charge in [0, 0.05) is 19.8 Å². The van der Waals surface area contributed by atoms with E-state index in [1.807, 2.05) is 19.0 Å². The Balaban J connectivity index is 2.54. The van der Waals surface area contributed by atoms with E-state index in [1.54, 1.807) is 0 Å². The molecule has 1 aromatic heterocycles. The van der Waals surface area contributed by atoms with Gasteiger partial charge in [-0.25, -0.2) is 4.98 Å². The summed E-state index contributed by atoms with van der Waals surface area (Å²) < 4.78 is 0. The van der Waals surface area contributed by atoms with Gasteiger partial charge >= 0.3 is 0 Å². The summed E-state index contributed by atoms with van der Waals surface area (Å²) in [5.41, 5.74) is 9.19. The Labute approximate surface area is 102 Å². The van der Waals surface area contributed by atoms with Crippen molar-refractivity contribution in [1.82, 2.24) is 4.98 Å². The van der Waals surface area contributed by atoms with Crippen LogP contribution in [0, 0.1) is 0 Å². The predicted octanol–water partition coefficient (Wildman–Crippen LogP) is 1.66. The molecule has 2 N–H and O–H groups in total. The van der Waals surface area contributed by atoms with Gasteiger partial charge in [0.15, 0.2) is 0 Å². The zero-order chi connectivity index (χ0) is 11.7. The van der Waals surface area contributed by atoms with Gasteiger partial charge in [-0.2, -0.15) is 0 Å². The monoisotopic (exact) mass is 235 g/mol. The molecule has 0 unspecified atom stereocenters. The van der Waals surface area contributed by atoms with Crippen molar-refractivity contribution in [2.45, 2.75) is 25.7 Å². The Morgan fingerprint density at radius 2 is 2.06 bits per heavy atom. The van der Waals surface area contributed by atoms with Crippen molar-refractivity contribution in [3.8, 4) is 0 Å². The predicted molar refractivity (Wildman–Crippen MR) is 71.1 cm³/mol. The first kappa shape index (κ1) is 11.3. The van der Waals surface area contributed by atoms with Crippen LogP contribution in [-0.4, -0.2) is 24.1 Å². The van der Waals surface area contributed by atoms with E-state index in [2.05, 4.69) is 6.07 Å². The number of rotatable bonds is 2. The zero-order valence-electron chi connectivity index (χ0n) is 9.79. The summed E-state index contributed by atoms with van der Waals surface area (Å²) in [5.74, 6) is 0.896. The lowest BCUT2D eigenvalue weighted by Gasteiger charge is -2.21. The van der Waals surface area contributed by atoms with Crippen molar-refractivity contribution in [3.05, 3.63) is 22.9 Å². The topological polar surface area (TPSA) is 42.2 Å². The Hall–Kier alpha value is -1.16. The lowest BCUT2D eigenvalue weighted by molar-refractivity contribution is 0.667. The van der Waals surface area contributed by atoms with E-state index in [-0.39, 0.29) is 0 Å². The molecule has 0 fully saturated rings. The molecule has 0 saturated carbocycles. The number of nitrogens with zero attached hydrogens (tertiary/aromatic N) is 2. The van der Waals surface area contributed by atoms with E-state index < -0.39 is 0 Å². The number of pyridine rings is 1. The van der Waals surface area contributed by atoms with Gasteiger partial charge < -0.3 is 10.6 Å². The molecule has 0 spiro atoms. The lowest BCUT2D eigenvalue weighted by Crippen LogP contribution is -2.21. The largest absolute Gasteiger partial charge is 0.389 e. The van der Waals surface area contributed by atoms with Gasteiger partial charge in [-0.05, 0) is 37.3 Å². The normalized spacial score (nSPS) is 14.4. The van der Waals surface area contributed by atoms with Gasteiger partial charge in [0.05, 0.1) is 5.56 Å². The molecule has 0 aromatic carbocycles. The summed E-state index contributed by atoms with van der Waals surface area (Å²) in [6, 6.07) is 2.12. The molecule has 3 nitrogen and oxygen atoms in total. The number of hydrogen-bond donors (Lipinski definition) is 1. The average Bonchev–Trinajstić information content (AvgIpc) is 2.27. The summed E-state index contributed by atoms with van der Waals surface area (Å²) in [5, 5.41) is 0. The second kappa shape index (κ2) is 4.37. The summed E-state index contributed by atoms with van der Waals surface area (Å²) >= 11 is 5.08. The molecule has 1 heterocycles. The summed E-state index contributed by atoms with van der Waals surface area (Å²) in [6.45, 7) is 0. The third-order valence-electron chi connectivity index (χ3n) is 2.97. The van der Waals surface area contributed by atoms with Crippen LogP contribution in [0.1, 0.15) is 29.7 Å². The van der Waals surface area contributed by atoms with Crippen molar-refractivity contribution < 1.29 is 0 Å². The van der Waals surface area contributed by atoms with Crippen LogP contribution in [0.15, 0.2) is 6.07 Å². The van der Waals surface area contributed by atoms with Crippen LogP contribution in [0.25, 0.3) is 0 Å². The maximum atomic E-state index is 5.75. The molecular weight excluding hydrogens is 218 g/mol. The van der Waals surface area contributed by atoms with Crippen molar-refractivity contribution in [3.63, 3.8) is 0 Å². The summed E-state index contributed by atoms with van der Waals surface area (Å²) in [6.07, 6.45) is 4.66. The Morgan fingerprint density at radius 1 is 1.38 bits per heavy atom. The molecule has 1 aliphatic carbocycles. The molecule has 0 saturated heterocycles. The SMILES string of the molecule is CN(C)c1nc2c(cc1C(N)=S)CCCC2. The van der Waals surface area contributed by atoms with Crippen molar-refractivity contribution in [1.29, 1.82) is 0 Å². The van der Waals surface area contributed by atoms with E-state index in [1.165, 1.54) is 24.1 Å². The van der Waals surface area contributed by atoms with E-state index >= 15 is 0 Å². The minimum Gasteiger partial charge on any atom is -0.389 e. The molecule has 16 heavy (non-hydrogen) atoms. The first-order chi connectivity index (χ1) is 7.59. The smallest absolute Gasteiger partial charge is 0.138 e. The van der Waals surface area contributed by atoms with Crippen LogP contribution >= 0.6 is 12.2 Å². The second-order valence-electron chi connectivity index (χ2n) is 4.43. The number of hydrogen-bond acceptors (Lipinski definition) is 3. The third kappa shape index (κ3) is 2.02. The summed E-state index contributed by atoms with van der Waals surface area (Å²) in [4.78, 5) is 7.10. The van der Waals surface area contributed by atoms with E-state index in [0.717, 1.165) is 24.2 Å². The molecule has 0 bridgehead atoms. The minimum absolute atomic E-state index is 0.435. The van der Waals surface area contributed by atoms with Crippen LogP contribution < -0.4 is 10.6 Å². The molecule has 0 amide bonds. The van der Waals surface area contributed by atoms with Gasteiger partial charge in [-0.15, -0.1) is 0 Å². The van der Waals surface area contributed by atoms with Gasteiger partial charge in [0.2, 0.25) is 0 Å². The highest BCUT2D eigenvalue weighted by molar-refractivity contribution is 7.80. The van der Waals surface area contributed by atoms with Crippen LogP contribution in [-0.2, 0) is 12.8 Å². The standard InChI is InChI=1S/C12H17N3S/c1-15(2)12-9(11(13)16)7-8-5-3-4-6-10(8)14-12/h7H,3-6H2,1-2H3,(H2,13,16). The molecule has 4 heteroatoms. The number of anilines is 1. The fourth-order valence-corrected chi connectivity index (χ4v) is 2.30. The molecule has 2 rings (SSSR count). The first-order valence-electron chi connectivity index (χ1n) is 5.59. The molecule has 0 radical (unpaired) electrons. The highest BCUT2D eigenvalue weighted by atomic mass is 32.1. The highest BCUT2D eigenvalue weighted by Crippen LogP contribution is 2.25. The summed E-state index contributed by atoms with van der Waals surface area (Å²) in [7, 11) is 3.94. The van der Waals surface area contributed by atoms with Crippen molar-refractivity contribution in [2.24, 2.45) is 5.73 Å². The lowest BCUT2D eigenvalue weighted by atomic mass is 9.94. The van der Waals surface area contributed by atoms with Crippen LogP contribution in [0.2, 0.25) is 0 Å². The maximum absolute atomic E-state index is 5.75. The molecule has 0 atom stereocenters. The van der Waals surface area contributed by atoms with Crippen LogP contribution in [0.4, 0.5) is 5.82 Å². The molecule has 1 aliphatic rings. The first-order valence-corrected chi connectivity index (χ1v) is 6.00. The van der Waals surface area contributed by atoms with Gasteiger partial charge in [0.25, 0.3) is 0 Å². The number of aromatic nitrogens is 1. The number of fused-ring (bicyclic) bond motifs is 1. The molecule has 1 aromatic rings. The van der Waals surface area contributed by atoms with Gasteiger partial charge in [0.1, 0.15) is 10.8 Å². The van der Waals surface area contributed by atoms with E-state index in [0.29, 0.717) is 4.99 Å². The van der Waals surface area contributed by atoms with Crippen LogP contribution in [0.3, 0.4) is 0 Å². The van der Waals surface area contributed by atoms with Gasteiger partial charge in [-0.1, -0.05) is 12.2 Å². The van der Waals surface area contributed by atoms with E-state index in [9.17, 15) is 0 Å². The number of nitrogens with two attached hydrogens (primary N) is 1. The number of aryl methyl sites for hydroxylation is 2. The van der Waals surface area contributed by atoms with E-state index in [4.69, 9.17) is 22.9 Å². The maximum Gasteiger partial charge on any atom is 0.138 e. The second-order valence-corrected chi connectivity index (χ2v) is 4.87. The molecular formula is C12H17N3S. The van der Waals surface area contributed by atoms with Crippen LogP contribution in [0.5, 0.6) is 0 Å². The Bertz CT molecular complexity index is 427. The number of thiocarbonyl (C=S) groups is 1. The van der Waals surface area contributed by atoms with Crippen molar-refractivity contribution >= 4 is 23.0 Å². The molecule has 86 valence electrons. The van der Waals surface area contributed by atoms with Gasteiger partial charge in [-0.3, -0.25) is 0 Å². The zero-order valence-corrected chi connectivity index (χ0v) is 10.6. The third-order valence-corrected chi connectivity index (χ3v) is 3.19. The van der Waals surface area contributed by atoms with Crippen molar-refractivity contribution in [2.75, 3.05) is 19.0 Å². The quantitative estimate of drug-likeness (QED) is 0.792. The minimum atomic E-state index is 0.435.